The normalized spacial score (nSPS) is 10.5. The van der Waals surface area contributed by atoms with Gasteiger partial charge in [0.2, 0.25) is 0 Å². The number of pyridine rings is 1. The predicted molar refractivity (Wildman–Crippen MR) is 115 cm³/mol. The van der Waals surface area contributed by atoms with Gasteiger partial charge in [0, 0.05) is 30.1 Å². The van der Waals surface area contributed by atoms with E-state index in [0.717, 1.165) is 22.6 Å². The maximum atomic E-state index is 13.0. The van der Waals surface area contributed by atoms with Crippen LogP contribution in [-0.4, -0.2) is 40.1 Å². The lowest BCUT2D eigenvalue weighted by atomic mass is 10.1. The van der Waals surface area contributed by atoms with Gasteiger partial charge >= 0.3 is 0 Å². The fraction of sp³-hybridized carbons (Fsp3) is 0.130. The number of nitrogens with one attached hydrogen (secondary N) is 1. The van der Waals surface area contributed by atoms with Gasteiger partial charge in [0.25, 0.3) is 5.91 Å². The van der Waals surface area contributed by atoms with E-state index in [4.69, 9.17) is 9.47 Å². The summed E-state index contributed by atoms with van der Waals surface area (Å²) in [5, 5.41) is 11.3. The number of ether oxygens (including phenoxy) is 2. The number of carbonyl (C=O) groups is 1. The minimum absolute atomic E-state index is 0.207. The first-order valence-electron chi connectivity index (χ1n) is 9.62. The molecule has 8 nitrogen and oxygen atoms in total. The van der Waals surface area contributed by atoms with E-state index in [9.17, 15) is 4.79 Å². The van der Waals surface area contributed by atoms with Gasteiger partial charge in [-0.3, -0.25) is 9.78 Å². The van der Waals surface area contributed by atoms with Gasteiger partial charge in [0.15, 0.2) is 5.69 Å². The Labute approximate surface area is 179 Å². The second-order valence-electron chi connectivity index (χ2n) is 6.63. The molecule has 1 N–H and O–H groups in total. The van der Waals surface area contributed by atoms with Gasteiger partial charge in [-0.25, -0.2) is 4.68 Å². The molecule has 0 unspecified atom stereocenters. The summed E-state index contributed by atoms with van der Waals surface area (Å²) in [7, 11) is 3.21. The van der Waals surface area contributed by atoms with Crippen molar-refractivity contribution in [2.45, 2.75) is 6.54 Å². The Bertz CT molecular complexity index is 1170. The van der Waals surface area contributed by atoms with E-state index in [-0.39, 0.29) is 11.6 Å². The Kier molecular flexibility index (Phi) is 5.89. The Morgan fingerprint density at radius 2 is 1.81 bits per heavy atom. The van der Waals surface area contributed by atoms with Crippen molar-refractivity contribution in [1.29, 1.82) is 0 Å². The largest absolute Gasteiger partial charge is 0.497 e. The van der Waals surface area contributed by atoms with Crippen LogP contribution in [0.1, 0.15) is 16.1 Å². The van der Waals surface area contributed by atoms with Crippen molar-refractivity contribution < 1.29 is 14.3 Å². The highest BCUT2D eigenvalue weighted by Gasteiger charge is 2.22. The highest BCUT2D eigenvalue weighted by atomic mass is 16.5. The Hall–Kier alpha value is -4.20. The molecule has 2 aromatic carbocycles. The molecule has 4 aromatic rings. The number of nitrogens with zero attached hydrogens (tertiary/aromatic N) is 4. The zero-order valence-electron chi connectivity index (χ0n) is 17.1. The standard InChI is InChI=1S/C23H21N5O3/c1-30-19-11-9-18(10-12-19)28-22(17-7-5-13-24-14-17)21(26-27-28)23(29)25-15-16-6-3-4-8-20(16)31-2/h3-14H,15H2,1-2H3,(H,25,29). The molecule has 8 heteroatoms. The molecule has 0 saturated heterocycles. The third kappa shape index (κ3) is 4.23. The molecule has 31 heavy (non-hydrogen) atoms. The van der Waals surface area contributed by atoms with Crippen molar-refractivity contribution in [1.82, 2.24) is 25.3 Å². The Balaban J connectivity index is 1.68. The SMILES string of the molecule is COc1ccc(-n2nnc(C(=O)NCc3ccccc3OC)c2-c2cccnc2)cc1. The lowest BCUT2D eigenvalue weighted by molar-refractivity contribution is 0.0946. The van der Waals surface area contributed by atoms with Crippen LogP contribution >= 0.6 is 0 Å². The summed E-state index contributed by atoms with van der Waals surface area (Å²) >= 11 is 0. The van der Waals surface area contributed by atoms with Gasteiger partial charge in [0.1, 0.15) is 17.2 Å². The third-order valence-electron chi connectivity index (χ3n) is 4.77. The minimum atomic E-state index is -0.343. The first-order valence-corrected chi connectivity index (χ1v) is 9.62. The number of amides is 1. The topological polar surface area (TPSA) is 91.2 Å². The van der Waals surface area contributed by atoms with E-state index < -0.39 is 0 Å². The van der Waals surface area contributed by atoms with Crippen LogP contribution in [0, 0.1) is 0 Å². The van der Waals surface area contributed by atoms with E-state index in [2.05, 4.69) is 20.6 Å². The highest BCUT2D eigenvalue weighted by Crippen LogP contribution is 2.26. The second kappa shape index (κ2) is 9.08. The molecule has 0 spiro atoms. The Morgan fingerprint density at radius 3 is 2.52 bits per heavy atom. The van der Waals surface area contributed by atoms with E-state index in [1.807, 2.05) is 54.6 Å². The number of aromatic nitrogens is 4. The predicted octanol–water partition coefficient (Wildman–Crippen LogP) is 3.28. The van der Waals surface area contributed by atoms with Crippen molar-refractivity contribution in [3.8, 4) is 28.4 Å². The van der Waals surface area contributed by atoms with Crippen molar-refractivity contribution in [3.63, 3.8) is 0 Å². The van der Waals surface area contributed by atoms with E-state index in [1.165, 1.54) is 0 Å². The average Bonchev–Trinajstić information content (AvgIpc) is 3.28. The summed E-state index contributed by atoms with van der Waals surface area (Å²) in [4.78, 5) is 17.2. The molecule has 0 aliphatic rings. The number of hydrogen-bond donors (Lipinski definition) is 1. The van der Waals surface area contributed by atoms with Gasteiger partial charge in [-0.1, -0.05) is 23.4 Å². The lowest BCUT2D eigenvalue weighted by Gasteiger charge is -2.10. The molecule has 156 valence electrons. The molecular formula is C23H21N5O3. The van der Waals surface area contributed by atoms with Crippen molar-refractivity contribution in [3.05, 3.63) is 84.3 Å². The summed E-state index contributed by atoms with van der Waals surface area (Å²) in [6.45, 7) is 0.296. The smallest absolute Gasteiger partial charge is 0.274 e. The number of hydrogen-bond acceptors (Lipinski definition) is 6. The molecule has 0 atom stereocenters. The van der Waals surface area contributed by atoms with Crippen LogP contribution in [0.2, 0.25) is 0 Å². The van der Waals surface area contributed by atoms with Crippen molar-refractivity contribution in [2.75, 3.05) is 14.2 Å². The number of benzene rings is 2. The Morgan fingerprint density at radius 1 is 1.00 bits per heavy atom. The molecular weight excluding hydrogens is 394 g/mol. The van der Waals surface area contributed by atoms with Crippen molar-refractivity contribution in [2.24, 2.45) is 0 Å². The summed E-state index contributed by atoms with van der Waals surface area (Å²) < 4.78 is 12.2. The zero-order chi connectivity index (χ0) is 21.6. The summed E-state index contributed by atoms with van der Waals surface area (Å²) in [6, 6.07) is 18.5. The summed E-state index contributed by atoms with van der Waals surface area (Å²) in [5.74, 6) is 1.09. The van der Waals surface area contributed by atoms with Gasteiger partial charge in [0.05, 0.1) is 19.9 Å². The van der Waals surface area contributed by atoms with Crippen LogP contribution in [0.5, 0.6) is 11.5 Å². The molecule has 2 aromatic heterocycles. The van der Waals surface area contributed by atoms with Gasteiger partial charge in [-0.2, -0.15) is 0 Å². The van der Waals surface area contributed by atoms with E-state index in [1.54, 1.807) is 37.4 Å². The summed E-state index contributed by atoms with van der Waals surface area (Å²) in [5.41, 5.74) is 3.10. The third-order valence-corrected chi connectivity index (χ3v) is 4.77. The van der Waals surface area contributed by atoms with Gasteiger partial charge in [-0.05, 0) is 42.5 Å². The molecule has 2 heterocycles. The molecule has 4 rings (SSSR count). The van der Waals surface area contributed by atoms with Crippen LogP contribution in [-0.2, 0) is 6.54 Å². The lowest BCUT2D eigenvalue weighted by Crippen LogP contribution is -2.24. The van der Waals surface area contributed by atoms with Crippen molar-refractivity contribution >= 4 is 5.91 Å². The first-order chi connectivity index (χ1) is 15.2. The van der Waals surface area contributed by atoms with E-state index in [0.29, 0.717) is 18.0 Å². The number of para-hydroxylation sites is 1. The van der Waals surface area contributed by atoms with Crippen LogP contribution in [0.3, 0.4) is 0 Å². The van der Waals surface area contributed by atoms with Gasteiger partial charge in [-0.15, -0.1) is 5.10 Å². The molecule has 1 amide bonds. The quantitative estimate of drug-likeness (QED) is 0.498. The molecule has 0 aliphatic heterocycles. The molecule has 0 aliphatic carbocycles. The number of carbonyl (C=O) groups excluding carboxylic acids is 1. The monoisotopic (exact) mass is 415 g/mol. The van der Waals surface area contributed by atoms with Crippen LogP contribution in [0.25, 0.3) is 16.9 Å². The van der Waals surface area contributed by atoms with E-state index >= 15 is 0 Å². The molecule has 0 bridgehead atoms. The fourth-order valence-electron chi connectivity index (χ4n) is 3.21. The molecule has 0 radical (unpaired) electrons. The molecule has 0 fully saturated rings. The first kappa shape index (κ1) is 20.1. The second-order valence-corrected chi connectivity index (χ2v) is 6.63. The zero-order valence-corrected chi connectivity index (χ0v) is 17.1. The fourth-order valence-corrected chi connectivity index (χ4v) is 3.21. The maximum absolute atomic E-state index is 13.0. The number of methoxy groups -OCH3 is 2. The average molecular weight is 415 g/mol. The number of rotatable bonds is 7. The molecule has 0 saturated carbocycles. The van der Waals surface area contributed by atoms with Crippen LogP contribution < -0.4 is 14.8 Å². The minimum Gasteiger partial charge on any atom is -0.497 e. The summed E-state index contributed by atoms with van der Waals surface area (Å²) in [6.07, 6.45) is 3.35. The van der Waals surface area contributed by atoms with Gasteiger partial charge < -0.3 is 14.8 Å². The van der Waals surface area contributed by atoms with Crippen LogP contribution in [0.4, 0.5) is 0 Å². The van der Waals surface area contributed by atoms with Crippen LogP contribution in [0.15, 0.2) is 73.1 Å². The highest BCUT2D eigenvalue weighted by molar-refractivity contribution is 5.98. The maximum Gasteiger partial charge on any atom is 0.274 e.